The van der Waals surface area contributed by atoms with Crippen molar-refractivity contribution in [2.24, 2.45) is 0 Å². The van der Waals surface area contributed by atoms with Crippen molar-refractivity contribution in [3.05, 3.63) is 71.0 Å². The Kier molecular flexibility index (Phi) is 6.58. The Bertz CT molecular complexity index is 746. The second-order valence-corrected chi connectivity index (χ2v) is 6.95. The molecular formula is C22H27FN2O2. The molecule has 0 aliphatic carbocycles. The molecule has 3 rings (SSSR count). The lowest BCUT2D eigenvalue weighted by Gasteiger charge is -2.33. The van der Waals surface area contributed by atoms with Gasteiger partial charge in [-0.25, -0.2) is 4.39 Å². The Labute approximate surface area is 160 Å². The molecule has 5 heteroatoms. The van der Waals surface area contributed by atoms with Crippen LogP contribution in [-0.2, 0) is 16.0 Å². The van der Waals surface area contributed by atoms with Crippen LogP contribution in [0.25, 0.3) is 0 Å². The topological polar surface area (TPSA) is 41.6 Å². The lowest BCUT2D eigenvalue weighted by Crippen LogP contribution is -2.46. The Balaban J connectivity index is 1.53. The van der Waals surface area contributed by atoms with Gasteiger partial charge in [0.25, 0.3) is 0 Å². The molecule has 1 aliphatic rings. The molecule has 27 heavy (non-hydrogen) atoms. The van der Waals surface area contributed by atoms with Gasteiger partial charge in [0.2, 0.25) is 5.91 Å². The van der Waals surface area contributed by atoms with Crippen molar-refractivity contribution in [2.45, 2.75) is 32.4 Å². The number of ether oxygens (including phenoxy) is 1. The zero-order valence-electron chi connectivity index (χ0n) is 16.0. The number of carbonyl (C=O) groups excluding carboxylic acids is 1. The van der Waals surface area contributed by atoms with Crippen LogP contribution >= 0.6 is 0 Å². The number of nitrogens with one attached hydrogen (secondary N) is 1. The summed E-state index contributed by atoms with van der Waals surface area (Å²) in [5, 5.41) is 3.31. The molecule has 0 spiro atoms. The van der Waals surface area contributed by atoms with Crippen LogP contribution in [0.4, 0.5) is 4.39 Å². The summed E-state index contributed by atoms with van der Waals surface area (Å²) in [6, 6.07) is 14.9. The van der Waals surface area contributed by atoms with Crippen LogP contribution in [0, 0.1) is 5.82 Å². The number of hydrogen-bond acceptors (Lipinski definition) is 3. The van der Waals surface area contributed by atoms with Crippen molar-refractivity contribution < 1.29 is 13.9 Å². The Morgan fingerprint density at radius 2 is 1.93 bits per heavy atom. The summed E-state index contributed by atoms with van der Waals surface area (Å²) in [6.45, 7) is 6.05. The van der Waals surface area contributed by atoms with Gasteiger partial charge in [0, 0.05) is 12.6 Å². The molecular weight excluding hydrogens is 343 g/mol. The van der Waals surface area contributed by atoms with E-state index >= 15 is 0 Å². The molecule has 0 saturated carbocycles. The van der Waals surface area contributed by atoms with Crippen LogP contribution in [0.15, 0.2) is 48.5 Å². The molecule has 1 N–H and O–H groups in total. The van der Waals surface area contributed by atoms with Gasteiger partial charge in [0.15, 0.2) is 0 Å². The second kappa shape index (κ2) is 9.11. The molecule has 2 aromatic rings. The van der Waals surface area contributed by atoms with Gasteiger partial charge in [-0.1, -0.05) is 43.3 Å². The molecule has 1 heterocycles. The van der Waals surface area contributed by atoms with E-state index in [0.29, 0.717) is 19.7 Å². The first-order valence-electron chi connectivity index (χ1n) is 9.54. The quantitative estimate of drug-likeness (QED) is 0.844. The van der Waals surface area contributed by atoms with Gasteiger partial charge in [0.05, 0.1) is 19.7 Å². The van der Waals surface area contributed by atoms with E-state index < -0.39 is 0 Å². The number of aryl methyl sites for hydroxylation is 1. The maximum atomic E-state index is 13.1. The van der Waals surface area contributed by atoms with Crippen LogP contribution in [0.1, 0.15) is 42.7 Å². The number of hydrogen-bond donors (Lipinski definition) is 1. The summed E-state index contributed by atoms with van der Waals surface area (Å²) in [5.74, 6) is -0.213. The summed E-state index contributed by atoms with van der Waals surface area (Å²) < 4.78 is 18.9. The maximum absolute atomic E-state index is 13.1. The van der Waals surface area contributed by atoms with Gasteiger partial charge >= 0.3 is 0 Å². The smallest absolute Gasteiger partial charge is 0.236 e. The number of morpholine rings is 1. The van der Waals surface area contributed by atoms with E-state index in [1.165, 1.54) is 23.3 Å². The normalized spacial score (nSPS) is 18.3. The monoisotopic (exact) mass is 370 g/mol. The summed E-state index contributed by atoms with van der Waals surface area (Å²) in [6.07, 6.45) is 0.814. The van der Waals surface area contributed by atoms with E-state index in [2.05, 4.69) is 43.4 Å². The molecule has 1 amide bonds. The van der Waals surface area contributed by atoms with Crippen molar-refractivity contribution >= 4 is 5.91 Å². The number of nitrogens with zero attached hydrogens (tertiary/aromatic N) is 1. The van der Waals surface area contributed by atoms with Gasteiger partial charge in [-0.3, -0.25) is 4.79 Å². The fraction of sp³-hybridized carbons (Fsp3) is 0.409. The molecule has 0 radical (unpaired) electrons. The molecule has 1 fully saturated rings. The number of carbonyl (C=O) groups is 1. The summed E-state index contributed by atoms with van der Waals surface area (Å²) in [4.78, 5) is 14.4. The third kappa shape index (κ3) is 5.15. The highest BCUT2D eigenvalue weighted by atomic mass is 19.1. The summed E-state index contributed by atoms with van der Waals surface area (Å²) in [5.41, 5.74) is 3.37. The highest BCUT2D eigenvalue weighted by Gasteiger charge is 2.25. The van der Waals surface area contributed by atoms with E-state index in [4.69, 9.17) is 4.74 Å². The molecule has 144 valence electrons. The van der Waals surface area contributed by atoms with Crippen molar-refractivity contribution in [1.29, 1.82) is 0 Å². The zero-order valence-corrected chi connectivity index (χ0v) is 16.0. The Morgan fingerprint density at radius 1 is 1.22 bits per heavy atom. The third-order valence-electron chi connectivity index (χ3n) is 5.11. The van der Waals surface area contributed by atoms with E-state index in [0.717, 1.165) is 12.0 Å². The molecule has 1 saturated heterocycles. The Morgan fingerprint density at radius 3 is 2.59 bits per heavy atom. The van der Waals surface area contributed by atoms with Crippen LogP contribution in [0.3, 0.4) is 0 Å². The number of amides is 1. The standard InChI is InChI=1S/C22H27FN2O2/c1-3-17-4-6-18(7-5-17)16(2)24-14-22(26)25-12-13-27-21(15-25)19-8-10-20(23)11-9-19/h4-11,16,21,24H,3,12-15H2,1-2H3. The lowest BCUT2D eigenvalue weighted by molar-refractivity contribution is -0.138. The molecule has 0 aromatic heterocycles. The maximum Gasteiger partial charge on any atom is 0.236 e. The van der Waals surface area contributed by atoms with E-state index in [9.17, 15) is 9.18 Å². The summed E-state index contributed by atoms with van der Waals surface area (Å²) >= 11 is 0. The number of halogens is 1. The van der Waals surface area contributed by atoms with Gasteiger partial charge in [0.1, 0.15) is 11.9 Å². The summed E-state index contributed by atoms with van der Waals surface area (Å²) in [7, 11) is 0. The minimum atomic E-state index is -0.271. The highest BCUT2D eigenvalue weighted by molar-refractivity contribution is 5.78. The van der Waals surface area contributed by atoms with Gasteiger partial charge in [-0.05, 0) is 42.2 Å². The minimum Gasteiger partial charge on any atom is -0.370 e. The van der Waals surface area contributed by atoms with Gasteiger partial charge in [-0.2, -0.15) is 0 Å². The molecule has 2 aromatic carbocycles. The van der Waals surface area contributed by atoms with E-state index in [1.807, 2.05) is 4.90 Å². The minimum absolute atomic E-state index is 0.0578. The molecule has 2 unspecified atom stereocenters. The van der Waals surface area contributed by atoms with Crippen molar-refractivity contribution in [3.8, 4) is 0 Å². The fourth-order valence-electron chi connectivity index (χ4n) is 3.27. The van der Waals surface area contributed by atoms with Crippen LogP contribution < -0.4 is 5.32 Å². The van der Waals surface area contributed by atoms with Crippen molar-refractivity contribution in [2.75, 3.05) is 26.2 Å². The van der Waals surface area contributed by atoms with Crippen LogP contribution in [0.2, 0.25) is 0 Å². The number of rotatable bonds is 6. The second-order valence-electron chi connectivity index (χ2n) is 6.95. The average Bonchev–Trinajstić information content (AvgIpc) is 2.72. The molecule has 0 bridgehead atoms. The van der Waals surface area contributed by atoms with Gasteiger partial charge < -0.3 is 15.0 Å². The average molecular weight is 370 g/mol. The molecule has 4 nitrogen and oxygen atoms in total. The van der Waals surface area contributed by atoms with Crippen LogP contribution in [-0.4, -0.2) is 37.0 Å². The third-order valence-corrected chi connectivity index (χ3v) is 5.11. The van der Waals surface area contributed by atoms with Crippen molar-refractivity contribution in [1.82, 2.24) is 10.2 Å². The van der Waals surface area contributed by atoms with Gasteiger partial charge in [-0.15, -0.1) is 0 Å². The predicted octanol–water partition coefficient (Wildman–Crippen LogP) is 3.64. The largest absolute Gasteiger partial charge is 0.370 e. The first kappa shape index (κ1) is 19.5. The lowest BCUT2D eigenvalue weighted by atomic mass is 10.0. The number of benzene rings is 2. The van der Waals surface area contributed by atoms with Crippen LogP contribution in [0.5, 0.6) is 0 Å². The van der Waals surface area contributed by atoms with E-state index in [1.54, 1.807) is 12.1 Å². The first-order valence-corrected chi connectivity index (χ1v) is 9.54. The Hall–Kier alpha value is -2.24. The zero-order chi connectivity index (χ0) is 19.2. The van der Waals surface area contributed by atoms with Crippen molar-refractivity contribution in [3.63, 3.8) is 0 Å². The SMILES string of the molecule is CCc1ccc(C(C)NCC(=O)N2CCOC(c3ccc(F)cc3)C2)cc1. The molecule has 2 atom stereocenters. The molecule has 1 aliphatic heterocycles. The first-order chi connectivity index (χ1) is 13.1. The fourth-order valence-corrected chi connectivity index (χ4v) is 3.27. The van der Waals surface area contributed by atoms with E-state index in [-0.39, 0.29) is 30.4 Å². The highest BCUT2D eigenvalue weighted by Crippen LogP contribution is 2.22. The predicted molar refractivity (Wildman–Crippen MR) is 104 cm³/mol.